The minimum atomic E-state index is 0.0193. The molecule has 0 saturated heterocycles. The third-order valence-electron chi connectivity index (χ3n) is 4.47. The molecule has 7 heteroatoms. The highest BCUT2D eigenvalue weighted by Crippen LogP contribution is 2.30. The van der Waals surface area contributed by atoms with E-state index in [1.807, 2.05) is 25.1 Å². The van der Waals surface area contributed by atoms with Gasteiger partial charge in [-0.2, -0.15) is 0 Å². The normalized spacial score (nSPS) is 18.8. The lowest BCUT2D eigenvalue weighted by atomic mass is 10.1. The van der Waals surface area contributed by atoms with Crippen molar-refractivity contribution in [2.45, 2.75) is 38.8 Å². The molecule has 126 valence electrons. The Labute approximate surface area is 140 Å². The van der Waals surface area contributed by atoms with Crippen LogP contribution in [0, 0.1) is 6.92 Å². The zero-order chi connectivity index (χ0) is 16.5. The standard InChI is InChI=1S/C17H20N4O3/c1-11-19-20-16-5-3-13(10-21(11)16)18-17(22)9-12-2-4-14-15(8-12)24-7-6-23-14/h2,4,8,13H,3,5-7,9-10H2,1H3,(H,18,22)/t13-/m1/s1. The first-order valence-electron chi connectivity index (χ1n) is 8.25. The van der Waals surface area contributed by atoms with Gasteiger partial charge in [-0.3, -0.25) is 4.79 Å². The maximum Gasteiger partial charge on any atom is 0.224 e. The average molecular weight is 328 g/mol. The number of aromatic nitrogens is 3. The average Bonchev–Trinajstić information content (AvgIpc) is 2.95. The van der Waals surface area contributed by atoms with E-state index in [2.05, 4.69) is 20.1 Å². The summed E-state index contributed by atoms with van der Waals surface area (Å²) in [7, 11) is 0. The summed E-state index contributed by atoms with van der Waals surface area (Å²) in [5.74, 6) is 3.38. The molecule has 3 heterocycles. The van der Waals surface area contributed by atoms with Gasteiger partial charge >= 0.3 is 0 Å². The zero-order valence-electron chi connectivity index (χ0n) is 13.6. The lowest BCUT2D eigenvalue weighted by Gasteiger charge is -2.25. The highest BCUT2D eigenvalue weighted by Gasteiger charge is 2.23. The number of carbonyl (C=O) groups excluding carboxylic acids is 1. The van der Waals surface area contributed by atoms with Crippen LogP contribution in [-0.4, -0.2) is 39.9 Å². The van der Waals surface area contributed by atoms with Crippen molar-refractivity contribution in [3.05, 3.63) is 35.4 Å². The largest absolute Gasteiger partial charge is 0.486 e. The molecule has 1 aromatic carbocycles. The van der Waals surface area contributed by atoms with Crippen molar-refractivity contribution < 1.29 is 14.3 Å². The molecule has 0 unspecified atom stereocenters. The number of nitrogens with one attached hydrogen (secondary N) is 1. The van der Waals surface area contributed by atoms with Crippen LogP contribution in [0.3, 0.4) is 0 Å². The van der Waals surface area contributed by atoms with Gasteiger partial charge in [0, 0.05) is 19.0 Å². The first-order chi connectivity index (χ1) is 11.7. The van der Waals surface area contributed by atoms with Gasteiger partial charge in [-0.25, -0.2) is 0 Å². The Balaban J connectivity index is 1.38. The maximum atomic E-state index is 12.4. The second kappa shape index (κ2) is 6.14. The third-order valence-corrected chi connectivity index (χ3v) is 4.47. The minimum absolute atomic E-state index is 0.0193. The first-order valence-corrected chi connectivity index (χ1v) is 8.25. The molecular formula is C17H20N4O3. The van der Waals surface area contributed by atoms with E-state index in [-0.39, 0.29) is 11.9 Å². The van der Waals surface area contributed by atoms with Crippen molar-refractivity contribution in [1.29, 1.82) is 0 Å². The predicted octanol–water partition coefficient (Wildman–Crippen LogP) is 1.03. The van der Waals surface area contributed by atoms with Crippen molar-refractivity contribution in [1.82, 2.24) is 20.1 Å². The number of rotatable bonds is 3. The van der Waals surface area contributed by atoms with Crippen molar-refractivity contribution in [3.63, 3.8) is 0 Å². The molecule has 1 aromatic heterocycles. The quantitative estimate of drug-likeness (QED) is 0.910. The molecule has 0 fully saturated rings. The van der Waals surface area contributed by atoms with E-state index < -0.39 is 0 Å². The Hall–Kier alpha value is -2.57. The van der Waals surface area contributed by atoms with Crippen LogP contribution in [0.2, 0.25) is 0 Å². The van der Waals surface area contributed by atoms with Gasteiger partial charge in [-0.1, -0.05) is 6.07 Å². The monoisotopic (exact) mass is 328 g/mol. The molecule has 1 atom stereocenters. The van der Waals surface area contributed by atoms with Crippen LogP contribution in [0.15, 0.2) is 18.2 Å². The Morgan fingerprint density at radius 3 is 3.00 bits per heavy atom. The number of benzene rings is 1. The molecule has 0 saturated carbocycles. The number of hydrogen-bond donors (Lipinski definition) is 1. The van der Waals surface area contributed by atoms with Gasteiger partial charge in [0.15, 0.2) is 11.5 Å². The van der Waals surface area contributed by atoms with E-state index >= 15 is 0 Å². The smallest absolute Gasteiger partial charge is 0.224 e. The third kappa shape index (κ3) is 2.93. The molecule has 7 nitrogen and oxygen atoms in total. The van der Waals surface area contributed by atoms with Crippen LogP contribution in [0.5, 0.6) is 11.5 Å². The number of nitrogens with zero attached hydrogens (tertiary/aromatic N) is 3. The van der Waals surface area contributed by atoms with Crippen LogP contribution in [0.25, 0.3) is 0 Å². The van der Waals surface area contributed by atoms with Crippen molar-refractivity contribution in [2.75, 3.05) is 13.2 Å². The molecule has 24 heavy (non-hydrogen) atoms. The van der Waals surface area contributed by atoms with Crippen LogP contribution < -0.4 is 14.8 Å². The number of fused-ring (bicyclic) bond motifs is 2. The number of aryl methyl sites for hydroxylation is 2. The first kappa shape index (κ1) is 15.0. The lowest BCUT2D eigenvalue weighted by Crippen LogP contribution is -2.41. The van der Waals surface area contributed by atoms with Gasteiger partial charge in [0.25, 0.3) is 0 Å². The molecule has 1 N–H and O–H groups in total. The molecule has 1 amide bonds. The fourth-order valence-electron chi connectivity index (χ4n) is 3.24. The summed E-state index contributed by atoms with van der Waals surface area (Å²) < 4.78 is 13.1. The molecule has 0 spiro atoms. The molecule has 0 aliphatic carbocycles. The summed E-state index contributed by atoms with van der Waals surface area (Å²) in [6, 6.07) is 5.79. The van der Waals surface area contributed by atoms with Gasteiger partial charge in [0.2, 0.25) is 5.91 Å². The van der Waals surface area contributed by atoms with E-state index in [0.29, 0.717) is 25.4 Å². The predicted molar refractivity (Wildman–Crippen MR) is 86.1 cm³/mol. The molecule has 0 bridgehead atoms. The summed E-state index contributed by atoms with van der Waals surface area (Å²) in [6.07, 6.45) is 2.07. The minimum Gasteiger partial charge on any atom is -0.486 e. The molecule has 2 aliphatic rings. The zero-order valence-corrected chi connectivity index (χ0v) is 13.6. The highest BCUT2D eigenvalue weighted by atomic mass is 16.6. The fourth-order valence-corrected chi connectivity index (χ4v) is 3.24. The second-order valence-electron chi connectivity index (χ2n) is 6.23. The van der Waals surface area contributed by atoms with Crippen LogP contribution in [-0.2, 0) is 24.2 Å². The molecule has 2 aromatic rings. The number of amides is 1. The summed E-state index contributed by atoms with van der Waals surface area (Å²) in [6.45, 7) is 3.79. The van der Waals surface area contributed by atoms with Crippen molar-refractivity contribution in [2.24, 2.45) is 0 Å². The second-order valence-corrected chi connectivity index (χ2v) is 6.23. The van der Waals surface area contributed by atoms with Gasteiger partial charge in [0.1, 0.15) is 24.9 Å². The van der Waals surface area contributed by atoms with Crippen LogP contribution >= 0.6 is 0 Å². The Bertz CT molecular complexity index is 771. The van der Waals surface area contributed by atoms with E-state index in [9.17, 15) is 4.79 Å². The topological polar surface area (TPSA) is 78.3 Å². The molecule has 2 aliphatic heterocycles. The van der Waals surface area contributed by atoms with Crippen LogP contribution in [0.1, 0.15) is 23.6 Å². The Morgan fingerprint density at radius 1 is 1.29 bits per heavy atom. The number of carbonyl (C=O) groups is 1. The van der Waals surface area contributed by atoms with Crippen molar-refractivity contribution >= 4 is 5.91 Å². The van der Waals surface area contributed by atoms with Crippen LogP contribution in [0.4, 0.5) is 0 Å². The van der Waals surface area contributed by atoms with E-state index in [4.69, 9.17) is 9.47 Å². The van der Waals surface area contributed by atoms with E-state index in [1.165, 1.54) is 0 Å². The summed E-state index contributed by atoms with van der Waals surface area (Å²) >= 11 is 0. The fraction of sp³-hybridized carbons (Fsp3) is 0.471. The van der Waals surface area contributed by atoms with Gasteiger partial charge in [-0.15, -0.1) is 10.2 Å². The number of hydrogen-bond acceptors (Lipinski definition) is 5. The summed E-state index contributed by atoms with van der Waals surface area (Å²) in [5.41, 5.74) is 0.925. The summed E-state index contributed by atoms with van der Waals surface area (Å²) in [4.78, 5) is 12.4. The SMILES string of the molecule is Cc1nnc2n1C[C@H](NC(=O)Cc1ccc3c(c1)OCCO3)CC2. The Kier molecular flexibility index (Phi) is 3.84. The molecule has 0 radical (unpaired) electrons. The highest BCUT2D eigenvalue weighted by molar-refractivity contribution is 5.79. The van der Waals surface area contributed by atoms with E-state index in [0.717, 1.165) is 42.3 Å². The van der Waals surface area contributed by atoms with Gasteiger partial charge in [-0.05, 0) is 31.0 Å². The number of ether oxygens (including phenoxy) is 2. The van der Waals surface area contributed by atoms with Crippen molar-refractivity contribution in [3.8, 4) is 11.5 Å². The molecule has 4 rings (SSSR count). The lowest BCUT2D eigenvalue weighted by molar-refractivity contribution is -0.121. The van der Waals surface area contributed by atoms with Gasteiger partial charge < -0.3 is 19.4 Å². The molecular weight excluding hydrogens is 308 g/mol. The Morgan fingerprint density at radius 2 is 2.12 bits per heavy atom. The summed E-state index contributed by atoms with van der Waals surface area (Å²) in [5, 5.41) is 11.4. The maximum absolute atomic E-state index is 12.4. The van der Waals surface area contributed by atoms with Gasteiger partial charge in [0.05, 0.1) is 6.42 Å². The van der Waals surface area contributed by atoms with E-state index in [1.54, 1.807) is 0 Å².